The van der Waals surface area contributed by atoms with Crippen molar-refractivity contribution >= 4 is 5.91 Å². The second-order valence-corrected chi connectivity index (χ2v) is 7.01. The van der Waals surface area contributed by atoms with Crippen molar-refractivity contribution in [2.75, 3.05) is 0 Å². The highest BCUT2D eigenvalue weighted by Gasteiger charge is 2.25. The third kappa shape index (κ3) is 3.98. The number of carbonyl (C=O) groups excluding carboxylic acids is 1. The van der Waals surface area contributed by atoms with Crippen molar-refractivity contribution in [1.29, 1.82) is 0 Å². The van der Waals surface area contributed by atoms with Crippen LogP contribution in [0.1, 0.15) is 41.5 Å². The normalized spacial score (nSPS) is 13.5. The Bertz CT molecular complexity index is 1080. The van der Waals surface area contributed by atoms with Crippen LogP contribution in [0.2, 0.25) is 0 Å². The van der Waals surface area contributed by atoms with E-state index in [4.69, 9.17) is 0 Å². The SMILES string of the molecule is Cc1cc(C)n(-c2ccc(=O)n(CC(=O)NCc3cc(C4CC4)ncn3)n2)n1. The lowest BCUT2D eigenvalue weighted by atomic mass is 10.2. The highest BCUT2D eigenvalue weighted by atomic mass is 16.2. The Morgan fingerprint density at radius 1 is 1.18 bits per heavy atom. The average Bonchev–Trinajstić information content (AvgIpc) is 3.47. The van der Waals surface area contributed by atoms with Gasteiger partial charge in [0.05, 0.1) is 17.9 Å². The fraction of sp³-hybridized carbons (Fsp3) is 0.368. The monoisotopic (exact) mass is 379 g/mol. The molecule has 0 spiro atoms. The van der Waals surface area contributed by atoms with Crippen molar-refractivity contribution in [3.63, 3.8) is 0 Å². The zero-order valence-electron chi connectivity index (χ0n) is 15.8. The van der Waals surface area contributed by atoms with Crippen LogP contribution in [-0.4, -0.2) is 35.4 Å². The van der Waals surface area contributed by atoms with Gasteiger partial charge in [-0.15, -0.1) is 5.10 Å². The summed E-state index contributed by atoms with van der Waals surface area (Å²) in [5, 5.41) is 11.4. The maximum absolute atomic E-state index is 12.3. The van der Waals surface area contributed by atoms with Gasteiger partial charge in [-0.1, -0.05) is 0 Å². The molecule has 0 bridgehead atoms. The van der Waals surface area contributed by atoms with Crippen LogP contribution in [0.4, 0.5) is 0 Å². The predicted octanol–water partition coefficient (Wildman–Crippen LogP) is 1.03. The molecule has 3 aromatic rings. The molecule has 1 aliphatic carbocycles. The molecule has 1 amide bonds. The molecular weight excluding hydrogens is 358 g/mol. The van der Waals surface area contributed by atoms with Crippen LogP contribution in [0.25, 0.3) is 5.82 Å². The van der Waals surface area contributed by atoms with Crippen molar-refractivity contribution < 1.29 is 4.79 Å². The fourth-order valence-corrected chi connectivity index (χ4v) is 3.02. The highest BCUT2D eigenvalue weighted by Crippen LogP contribution is 2.38. The summed E-state index contributed by atoms with van der Waals surface area (Å²) in [5.74, 6) is 0.701. The van der Waals surface area contributed by atoms with Gasteiger partial charge >= 0.3 is 0 Å². The molecule has 144 valence electrons. The van der Waals surface area contributed by atoms with Gasteiger partial charge in [0.15, 0.2) is 5.82 Å². The standard InChI is InChI=1S/C19H21N7O2/c1-12-7-13(2)26(23-12)17-5-6-19(28)25(24-17)10-18(27)20-9-15-8-16(14-3-4-14)22-11-21-15/h5-8,11,14H,3-4,9-10H2,1-2H3,(H,20,27). The van der Waals surface area contributed by atoms with Gasteiger partial charge in [0, 0.05) is 23.4 Å². The predicted molar refractivity (Wildman–Crippen MR) is 101 cm³/mol. The lowest BCUT2D eigenvalue weighted by molar-refractivity contribution is -0.122. The molecule has 0 saturated heterocycles. The van der Waals surface area contributed by atoms with E-state index in [0.29, 0.717) is 11.7 Å². The first-order chi connectivity index (χ1) is 13.5. The van der Waals surface area contributed by atoms with E-state index in [1.165, 1.54) is 12.4 Å². The molecule has 9 heteroatoms. The minimum absolute atomic E-state index is 0.174. The topological polar surface area (TPSA) is 108 Å². The number of nitrogens with one attached hydrogen (secondary N) is 1. The van der Waals surface area contributed by atoms with Crippen molar-refractivity contribution in [2.24, 2.45) is 0 Å². The molecule has 0 aromatic carbocycles. The third-order valence-corrected chi connectivity index (χ3v) is 4.58. The quantitative estimate of drug-likeness (QED) is 0.685. The number of nitrogens with zero attached hydrogens (tertiary/aromatic N) is 6. The number of hydrogen-bond donors (Lipinski definition) is 1. The number of carbonyl (C=O) groups is 1. The van der Waals surface area contributed by atoms with E-state index in [2.05, 4.69) is 25.5 Å². The largest absolute Gasteiger partial charge is 0.349 e. The molecule has 9 nitrogen and oxygen atoms in total. The van der Waals surface area contributed by atoms with Crippen LogP contribution in [0.15, 0.2) is 35.4 Å². The molecule has 3 aromatic heterocycles. The van der Waals surface area contributed by atoms with Crippen LogP contribution < -0.4 is 10.9 Å². The summed E-state index contributed by atoms with van der Waals surface area (Å²) in [4.78, 5) is 32.9. The Hall–Kier alpha value is -3.36. The number of aryl methyl sites for hydroxylation is 2. The molecule has 0 aliphatic heterocycles. The summed E-state index contributed by atoms with van der Waals surface area (Å²) in [6, 6.07) is 6.82. The Morgan fingerprint density at radius 3 is 2.71 bits per heavy atom. The summed E-state index contributed by atoms with van der Waals surface area (Å²) in [6.07, 6.45) is 3.84. The van der Waals surface area contributed by atoms with Crippen LogP contribution >= 0.6 is 0 Å². The number of rotatable bonds is 6. The zero-order valence-corrected chi connectivity index (χ0v) is 15.8. The maximum atomic E-state index is 12.3. The van der Waals surface area contributed by atoms with Gasteiger partial charge in [-0.25, -0.2) is 19.3 Å². The van der Waals surface area contributed by atoms with E-state index in [9.17, 15) is 9.59 Å². The van der Waals surface area contributed by atoms with Crippen molar-refractivity contribution in [2.45, 2.75) is 45.7 Å². The smallest absolute Gasteiger partial charge is 0.267 e. The Labute approximate surface area is 161 Å². The van der Waals surface area contributed by atoms with E-state index in [0.717, 1.165) is 40.3 Å². The molecule has 1 aliphatic rings. The summed E-state index contributed by atoms with van der Waals surface area (Å²) in [6.45, 7) is 3.90. The zero-order chi connectivity index (χ0) is 19.7. The number of hydrogen-bond acceptors (Lipinski definition) is 6. The van der Waals surface area contributed by atoms with Crippen LogP contribution in [0, 0.1) is 13.8 Å². The first-order valence-electron chi connectivity index (χ1n) is 9.19. The van der Waals surface area contributed by atoms with Gasteiger partial charge in [-0.05, 0) is 44.9 Å². The van der Waals surface area contributed by atoms with Crippen LogP contribution in [0.5, 0.6) is 0 Å². The molecule has 1 fully saturated rings. The minimum Gasteiger partial charge on any atom is -0.349 e. The second kappa shape index (κ2) is 7.34. The van der Waals surface area contributed by atoms with E-state index in [1.807, 2.05) is 26.0 Å². The Morgan fingerprint density at radius 2 is 2.00 bits per heavy atom. The first-order valence-corrected chi connectivity index (χ1v) is 9.19. The van der Waals surface area contributed by atoms with Crippen molar-refractivity contribution in [3.8, 4) is 5.82 Å². The third-order valence-electron chi connectivity index (χ3n) is 4.58. The van der Waals surface area contributed by atoms with E-state index < -0.39 is 0 Å². The van der Waals surface area contributed by atoms with Crippen LogP contribution in [0.3, 0.4) is 0 Å². The fourth-order valence-electron chi connectivity index (χ4n) is 3.02. The molecule has 1 saturated carbocycles. The minimum atomic E-state index is -0.349. The lowest BCUT2D eigenvalue weighted by Crippen LogP contribution is -2.33. The molecular formula is C19H21N7O2. The molecule has 4 rings (SSSR count). The first kappa shape index (κ1) is 18.0. The lowest BCUT2D eigenvalue weighted by Gasteiger charge is -2.09. The van der Waals surface area contributed by atoms with Gasteiger partial charge in [0.1, 0.15) is 12.9 Å². The van der Waals surface area contributed by atoms with Crippen molar-refractivity contribution in [3.05, 3.63) is 63.7 Å². The average molecular weight is 379 g/mol. The summed E-state index contributed by atoms with van der Waals surface area (Å²) < 4.78 is 2.78. The Balaban J connectivity index is 1.44. The highest BCUT2D eigenvalue weighted by molar-refractivity contribution is 5.75. The van der Waals surface area contributed by atoms with E-state index in [1.54, 1.807) is 10.7 Å². The molecule has 3 heterocycles. The van der Waals surface area contributed by atoms with E-state index >= 15 is 0 Å². The number of amides is 1. The summed E-state index contributed by atoms with van der Waals surface area (Å²) in [7, 11) is 0. The van der Waals surface area contributed by atoms with Gasteiger partial charge in [0.2, 0.25) is 5.91 Å². The molecule has 0 atom stereocenters. The molecule has 1 N–H and O–H groups in total. The van der Waals surface area contributed by atoms with Gasteiger partial charge in [0.25, 0.3) is 5.56 Å². The number of aromatic nitrogens is 6. The van der Waals surface area contributed by atoms with Gasteiger partial charge in [-0.2, -0.15) is 5.10 Å². The van der Waals surface area contributed by atoms with Gasteiger partial charge < -0.3 is 5.32 Å². The maximum Gasteiger partial charge on any atom is 0.267 e. The van der Waals surface area contributed by atoms with Crippen LogP contribution in [-0.2, 0) is 17.9 Å². The molecule has 0 unspecified atom stereocenters. The van der Waals surface area contributed by atoms with Gasteiger partial charge in [-0.3, -0.25) is 9.59 Å². The molecule has 0 radical (unpaired) electrons. The molecule has 28 heavy (non-hydrogen) atoms. The summed E-state index contributed by atoms with van der Waals surface area (Å²) >= 11 is 0. The summed E-state index contributed by atoms with van der Waals surface area (Å²) in [5.41, 5.74) is 3.18. The second-order valence-electron chi connectivity index (χ2n) is 7.01. The van der Waals surface area contributed by atoms with E-state index in [-0.39, 0.29) is 24.6 Å². The van der Waals surface area contributed by atoms with Crippen molar-refractivity contribution in [1.82, 2.24) is 34.8 Å². The Kier molecular flexibility index (Phi) is 4.72.